The summed E-state index contributed by atoms with van der Waals surface area (Å²) >= 11 is 0. The van der Waals surface area contributed by atoms with Gasteiger partial charge in [0.05, 0.1) is 11.0 Å². The van der Waals surface area contributed by atoms with Gasteiger partial charge in [0.15, 0.2) is 0 Å². The minimum Gasteiger partial charge on any atom is -0.361 e. The van der Waals surface area contributed by atoms with E-state index in [1.807, 2.05) is 6.20 Å². The lowest BCUT2D eigenvalue weighted by Crippen LogP contribution is -2.30. The van der Waals surface area contributed by atoms with Crippen molar-refractivity contribution in [2.45, 2.75) is 32.7 Å². The molecular formula is C31H30N4O. The molecule has 2 aromatic heterocycles. The molecule has 2 fully saturated rings. The van der Waals surface area contributed by atoms with Crippen molar-refractivity contribution >= 4 is 27.8 Å². The molecule has 2 aliphatic rings. The van der Waals surface area contributed by atoms with Gasteiger partial charge >= 0.3 is 0 Å². The minimum absolute atomic E-state index is 0.298. The van der Waals surface area contributed by atoms with Crippen molar-refractivity contribution in [2.24, 2.45) is 11.8 Å². The standard InChI is InChI=1S/C31H30N4O/c1-20-3-2-4-27-29(20)35(19-21-14-16-34(18-21)31(36)25-10-11-25)30(33-27)24-8-5-22(6-9-24)26-12-7-23-13-15-32-28(23)17-26/h2-9,12-13,15,17,21,25,32H,10-11,14,16,18-19H2,1H3/t21-/m1/s1. The van der Waals surface area contributed by atoms with Gasteiger partial charge in [0.25, 0.3) is 0 Å². The molecule has 5 aromatic rings. The average molecular weight is 475 g/mol. The molecule has 5 nitrogen and oxygen atoms in total. The number of hydrogen-bond acceptors (Lipinski definition) is 2. The lowest BCUT2D eigenvalue weighted by atomic mass is 10.0. The van der Waals surface area contributed by atoms with Crippen LogP contribution < -0.4 is 0 Å². The first-order chi connectivity index (χ1) is 17.6. The highest BCUT2D eigenvalue weighted by molar-refractivity contribution is 5.86. The number of aryl methyl sites for hydroxylation is 1. The van der Waals surface area contributed by atoms with Gasteiger partial charge in [0.2, 0.25) is 5.91 Å². The van der Waals surface area contributed by atoms with E-state index in [0.29, 0.717) is 17.7 Å². The molecule has 1 saturated carbocycles. The van der Waals surface area contributed by atoms with Gasteiger partial charge in [0, 0.05) is 42.8 Å². The Hall–Kier alpha value is -3.86. The van der Waals surface area contributed by atoms with Crippen LogP contribution in [0, 0.1) is 18.8 Å². The number of fused-ring (bicyclic) bond motifs is 2. The van der Waals surface area contributed by atoms with Gasteiger partial charge in [-0.3, -0.25) is 4.79 Å². The van der Waals surface area contributed by atoms with Gasteiger partial charge in [-0.05, 0) is 72.4 Å². The number of aromatic nitrogens is 3. The molecule has 7 rings (SSSR count). The first-order valence-corrected chi connectivity index (χ1v) is 13.1. The molecule has 1 amide bonds. The average Bonchev–Trinajstić information content (AvgIpc) is 3.29. The molecule has 36 heavy (non-hydrogen) atoms. The van der Waals surface area contributed by atoms with Crippen LogP contribution in [0.3, 0.4) is 0 Å². The zero-order valence-electron chi connectivity index (χ0n) is 20.6. The summed E-state index contributed by atoms with van der Waals surface area (Å²) in [6.07, 6.45) is 5.19. The molecule has 0 bridgehead atoms. The van der Waals surface area contributed by atoms with Crippen molar-refractivity contribution in [3.8, 4) is 22.5 Å². The lowest BCUT2D eigenvalue weighted by Gasteiger charge is -2.18. The molecule has 180 valence electrons. The number of aromatic amines is 1. The van der Waals surface area contributed by atoms with Crippen molar-refractivity contribution in [3.63, 3.8) is 0 Å². The van der Waals surface area contributed by atoms with E-state index in [2.05, 4.69) is 88.1 Å². The number of likely N-dealkylation sites (tertiary alicyclic amines) is 1. The predicted molar refractivity (Wildman–Crippen MR) is 145 cm³/mol. The second kappa shape index (κ2) is 8.37. The van der Waals surface area contributed by atoms with Gasteiger partial charge in [-0.25, -0.2) is 4.98 Å². The number of carbonyl (C=O) groups is 1. The Labute approximate surface area is 210 Å². The van der Waals surface area contributed by atoms with E-state index in [1.165, 1.54) is 27.6 Å². The number of nitrogens with one attached hydrogen (secondary N) is 1. The fourth-order valence-corrected chi connectivity index (χ4v) is 5.83. The third kappa shape index (κ3) is 3.70. The van der Waals surface area contributed by atoms with Crippen LogP contribution >= 0.6 is 0 Å². The van der Waals surface area contributed by atoms with Crippen molar-refractivity contribution in [1.82, 2.24) is 19.4 Å². The van der Waals surface area contributed by atoms with E-state index in [1.54, 1.807) is 0 Å². The highest BCUT2D eigenvalue weighted by atomic mass is 16.2. The maximum absolute atomic E-state index is 12.6. The number of nitrogens with zero attached hydrogens (tertiary/aromatic N) is 3. The van der Waals surface area contributed by atoms with E-state index in [4.69, 9.17) is 4.98 Å². The Balaban J connectivity index is 1.22. The summed E-state index contributed by atoms with van der Waals surface area (Å²) < 4.78 is 2.40. The molecule has 1 saturated heterocycles. The minimum atomic E-state index is 0.298. The van der Waals surface area contributed by atoms with Gasteiger partial charge in [-0.2, -0.15) is 0 Å². The summed E-state index contributed by atoms with van der Waals surface area (Å²) in [4.78, 5) is 23.1. The Kier molecular flexibility index (Phi) is 4.98. The number of para-hydroxylation sites is 1. The molecule has 3 aromatic carbocycles. The van der Waals surface area contributed by atoms with E-state index in [0.717, 1.165) is 61.3 Å². The lowest BCUT2D eigenvalue weighted by molar-refractivity contribution is -0.131. The summed E-state index contributed by atoms with van der Waals surface area (Å²) in [5.74, 6) is 2.14. The normalized spacial score (nSPS) is 17.9. The fraction of sp³-hybridized carbons (Fsp3) is 0.290. The van der Waals surface area contributed by atoms with E-state index >= 15 is 0 Å². The molecule has 0 radical (unpaired) electrons. The summed E-state index contributed by atoms with van der Waals surface area (Å²) in [5, 5.41) is 1.23. The van der Waals surface area contributed by atoms with Crippen LogP contribution in [0.25, 0.3) is 44.5 Å². The SMILES string of the molecule is Cc1cccc2nc(-c3ccc(-c4ccc5cc[nH]c5c4)cc3)n(C[C@@H]3CCN(C(=O)C4CC4)C3)c12. The van der Waals surface area contributed by atoms with Crippen LogP contribution in [0.2, 0.25) is 0 Å². The molecule has 5 heteroatoms. The highest BCUT2D eigenvalue weighted by Crippen LogP contribution is 2.35. The Morgan fingerprint density at radius 1 is 0.972 bits per heavy atom. The zero-order chi connectivity index (χ0) is 24.2. The Morgan fingerprint density at radius 2 is 1.78 bits per heavy atom. The van der Waals surface area contributed by atoms with Crippen molar-refractivity contribution < 1.29 is 4.79 Å². The van der Waals surface area contributed by atoms with Gasteiger partial charge in [0.1, 0.15) is 5.82 Å². The van der Waals surface area contributed by atoms with Crippen LogP contribution in [0.4, 0.5) is 0 Å². The predicted octanol–water partition coefficient (Wildman–Crippen LogP) is 6.42. The van der Waals surface area contributed by atoms with E-state index in [9.17, 15) is 4.79 Å². The van der Waals surface area contributed by atoms with Crippen LogP contribution in [-0.4, -0.2) is 38.4 Å². The Morgan fingerprint density at radius 3 is 2.61 bits per heavy atom. The van der Waals surface area contributed by atoms with Crippen LogP contribution in [-0.2, 0) is 11.3 Å². The number of rotatable bonds is 5. The molecule has 3 heterocycles. The van der Waals surface area contributed by atoms with E-state index < -0.39 is 0 Å². The number of imidazole rings is 1. The summed E-state index contributed by atoms with van der Waals surface area (Å²) in [7, 11) is 0. The molecule has 1 aliphatic heterocycles. The third-order valence-corrected chi connectivity index (χ3v) is 7.96. The second-order valence-corrected chi connectivity index (χ2v) is 10.6. The Bertz CT molecular complexity index is 1590. The summed E-state index contributed by atoms with van der Waals surface area (Å²) in [6, 6.07) is 23.8. The topological polar surface area (TPSA) is 53.9 Å². The third-order valence-electron chi connectivity index (χ3n) is 7.96. The molecule has 1 atom stereocenters. The molecule has 1 aliphatic carbocycles. The number of amides is 1. The fourth-order valence-electron chi connectivity index (χ4n) is 5.83. The van der Waals surface area contributed by atoms with Crippen LogP contribution in [0.1, 0.15) is 24.8 Å². The first kappa shape index (κ1) is 21.4. The zero-order valence-corrected chi connectivity index (χ0v) is 20.6. The quantitative estimate of drug-likeness (QED) is 0.320. The number of H-pyrrole nitrogens is 1. The molecule has 0 spiro atoms. The van der Waals surface area contributed by atoms with Crippen molar-refractivity contribution in [3.05, 3.63) is 78.5 Å². The highest BCUT2D eigenvalue weighted by Gasteiger charge is 2.36. The number of hydrogen-bond donors (Lipinski definition) is 1. The van der Waals surface area contributed by atoms with Gasteiger partial charge < -0.3 is 14.5 Å². The second-order valence-electron chi connectivity index (χ2n) is 10.6. The molecule has 1 N–H and O–H groups in total. The first-order valence-electron chi connectivity index (χ1n) is 13.1. The summed E-state index contributed by atoms with van der Waals surface area (Å²) in [6.45, 7) is 4.80. The number of benzene rings is 3. The van der Waals surface area contributed by atoms with Crippen molar-refractivity contribution in [2.75, 3.05) is 13.1 Å². The number of carbonyl (C=O) groups excluding carboxylic acids is 1. The summed E-state index contributed by atoms with van der Waals surface area (Å²) in [5.41, 5.74) is 8.16. The largest absolute Gasteiger partial charge is 0.361 e. The molecule has 0 unspecified atom stereocenters. The van der Waals surface area contributed by atoms with Gasteiger partial charge in [-0.15, -0.1) is 0 Å². The van der Waals surface area contributed by atoms with Crippen LogP contribution in [0.15, 0.2) is 72.9 Å². The maximum atomic E-state index is 12.6. The smallest absolute Gasteiger partial charge is 0.225 e. The van der Waals surface area contributed by atoms with Crippen molar-refractivity contribution in [1.29, 1.82) is 0 Å². The van der Waals surface area contributed by atoms with E-state index in [-0.39, 0.29) is 0 Å². The van der Waals surface area contributed by atoms with Crippen LogP contribution in [0.5, 0.6) is 0 Å². The maximum Gasteiger partial charge on any atom is 0.225 e. The molecular weight excluding hydrogens is 444 g/mol. The monoisotopic (exact) mass is 474 g/mol. The van der Waals surface area contributed by atoms with Gasteiger partial charge in [-0.1, -0.05) is 48.5 Å².